The molecule has 0 radical (unpaired) electrons. The normalized spacial score (nSPS) is 13.6. The van der Waals surface area contributed by atoms with Crippen LogP contribution < -0.4 is 5.32 Å². The third-order valence-electron chi connectivity index (χ3n) is 2.83. The summed E-state index contributed by atoms with van der Waals surface area (Å²) < 4.78 is 5.85. The Morgan fingerprint density at radius 1 is 1.24 bits per heavy atom. The molecule has 1 aromatic rings. The second-order valence-electron chi connectivity index (χ2n) is 5.16. The van der Waals surface area contributed by atoms with E-state index >= 15 is 0 Å². The van der Waals surface area contributed by atoms with Crippen molar-refractivity contribution in [1.29, 1.82) is 0 Å². The molecule has 0 aliphatic heterocycles. The predicted octanol–water partition coefficient (Wildman–Crippen LogP) is 3.41. The summed E-state index contributed by atoms with van der Waals surface area (Å²) >= 11 is 0. The average molecular weight is 251 g/mol. The standard InChI is InChI=1S/C14H25NOSi/c1-5-16-17(3,4)12-13(2)15-11-14-9-7-6-8-10-14/h6-10,13,15H,5,11-12H2,1-4H3. The molecule has 0 bridgehead atoms. The van der Waals surface area contributed by atoms with Crippen LogP contribution in [0.5, 0.6) is 0 Å². The molecule has 17 heavy (non-hydrogen) atoms. The van der Waals surface area contributed by atoms with Crippen LogP contribution in [0.4, 0.5) is 0 Å². The lowest BCUT2D eigenvalue weighted by Gasteiger charge is -2.26. The molecule has 0 heterocycles. The van der Waals surface area contributed by atoms with E-state index in [1.165, 1.54) is 5.56 Å². The van der Waals surface area contributed by atoms with Gasteiger partial charge in [0.15, 0.2) is 8.32 Å². The Bertz CT molecular complexity index is 313. The smallest absolute Gasteiger partial charge is 0.188 e. The topological polar surface area (TPSA) is 21.3 Å². The third-order valence-corrected chi connectivity index (χ3v) is 5.50. The molecule has 0 aliphatic carbocycles. The SMILES string of the molecule is CCO[Si](C)(C)CC(C)NCc1ccccc1. The monoisotopic (exact) mass is 251 g/mol. The highest BCUT2D eigenvalue weighted by Gasteiger charge is 2.24. The second-order valence-corrected chi connectivity index (χ2v) is 9.38. The van der Waals surface area contributed by atoms with Gasteiger partial charge in [-0.15, -0.1) is 0 Å². The van der Waals surface area contributed by atoms with E-state index in [2.05, 4.69) is 62.6 Å². The fraction of sp³-hybridized carbons (Fsp3) is 0.571. The minimum absolute atomic E-state index is 0.517. The maximum absolute atomic E-state index is 5.85. The number of benzene rings is 1. The van der Waals surface area contributed by atoms with Crippen LogP contribution in [-0.2, 0) is 11.0 Å². The first-order chi connectivity index (χ1) is 8.03. The van der Waals surface area contributed by atoms with E-state index in [9.17, 15) is 0 Å². The van der Waals surface area contributed by atoms with Crippen LogP contribution in [0.25, 0.3) is 0 Å². The molecule has 0 saturated heterocycles. The van der Waals surface area contributed by atoms with Crippen molar-refractivity contribution in [2.75, 3.05) is 6.61 Å². The highest BCUT2D eigenvalue weighted by molar-refractivity contribution is 6.71. The van der Waals surface area contributed by atoms with Crippen molar-refractivity contribution in [3.05, 3.63) is 35.9 Å². The van der Waals surface area contributed by atoms with Gasteiger partial charge in [-0.05, 0) is 38.5 Å². The van der Waals surface area contributed by atoms with Crippen LogP contribution in [0.3, 0.4) is 0 Å². The average Bonchev–Trinajstić information content (AvgIpc) is 2.27. The van der Waals surface area contributed by atoms with Crippen molar-refractivity contribution in [2.24, 2.45) is 0 Å². The first-order valence-corrected chi connectivity index (χ1v) is 9.56. The number of rotatable bonds is 7. The maximum Gasteiger partial charge on any atom is 0.188 e. The Balaban J connectivity index is 2.33. The largest absolute Gasteiger partial charge is 0.418 e. The van der Waals surface area contributed by atoms with Gasteiger partial charge in [-0.2, -0.15) is 0 Å². The third kappa shape index (κ3) is 6.01. The van der Waals surface area contributed by atoms with E-state index in [0.29, 0.717) is 6.04 Å². The van der Waals surface area contributed by atoms with Crippen molar-refractivity contribution in [1.82, 2.24) is 5.32 Å². The number of hydrogen-bond acceptors (Lipinski definition) is 2. The van der Waals surface area contributed by atoms with Crippen LogP contribution in [0.1, 0.15) is 19.4 Å². The Kier molecular flexibility index (Phi) is 5.89. The maximum atomic E-state index is 5.85. The van der Waals surface area contributed by atoms with E-state index < -0.39 is 8.32 Å². The highest BCUT2D eigenvalue weighted by atomic mass is 28.4. The van der Waals surface area contributed by atoms with E-state index in [-0.39, 0.29) is 0 Å². The Morgan fingerprint density at radius 3 is 2.47 bits per heavy atom. The summed E-state index contributed by atoms with van der Waals surface area (Å²) in [4.78, 5) is 0. The molecule has 1 atom stereocenters. The van der Waals surface area contributed by atoms with Gasteiger partial charge in [-0.1, -0.05) is 30.3 Å². The summed E-state index contributed by atoms with van der Waals surface area (Å²) in [6.45, 7) is 10.7. The van der Waals surface area contributed by atoms with Crippen LogP contribution in [0.15, 0.2) is 30.3 Å². The van der Waals surface area contributed by atoms with Crippen LogP contribution in [0, 0.1) is 0 Å². The molecule has 1 rings (SSSR count). The molecule has 0 aromatic heterocycles. The van der Waals surface area contributed by atoms with Gasteiger partial charge >= 0.3 is 0 Å². The molecule has 1 unspecified atom stereocenters. The van der Waals surface area contributed by atoms with E-state index in [1.54, 1.807) is 0 Å². The van der Waals surface area contributed by atoms with Crippen molar-refractivity contribution in [3.63, 3.8) is 0 Å². The Labute approximate surface area is 107 Å². The fourth-order valence-corrected chi connectivity index (χ4v) is 4.67. The van der Waals surface area contributed by atoms with Crippen molar-refractivity contribution < 1.29 is 4.43 Å². The van der Waals surface area contributed by atoms with Gasteiger partial charge in [0.25, 0.3) is 0 Å². The van der Waals surface area contributed by atoms with Gasteiger partial charge in [0, 0.05) is 19.2 Å². The zero-order valence-electron chi connectivity index (χ0n) is 11.5. The summed E-state index contributed by atoms with van der Waals surface area (Å²) in [6, 6.07) is 12.2. The molecule has 2 nitrogen and oxygen atoms in total. The number of nitrogens with one attached hydrogen (secondary N) is 1. The molecule has 96 valence electrons. The highest BCUT2D eigenvalue weighted by Crippen LogP contribution is 2.14. The minimum Gasteiger partial charge on any atom is -0.418 e. The van der Waals surface area contributed by atoms with Gasteiger partial charge < -0.3 is 9.74 Å². The fourth-order valence-electron chi connectivity index (χ4n) is 2.15. The lowest BCUT2D eigenvalue weighted by atomic mass is 10.2. The first-order valence-electron chi connectivity index (χ1n) is 6.45. The van der Waals surface area contributed by atoms with Crippen molar-refractivity contribution >= 4 is 8.32 Å². The second kappa shape index (κ2) is 6.94. The van der Waals surface area contributed by atoms with Crippen molar-refractivity contribution in [3.8, 4) is 0 Å². The van der Waals surface area contributed by atoms with E-state index in [4.69, 9.17) is 4.43 Å². The molecule has 1 aromatic carbocycles. The molecular formula is C14H25NOSi. The molecule has 0 fully saturated rings. The molecule has 0 spiro atoms. The van der Waals surface area contributed by atoms with Gasteiger partial charge in [-0.25, -0.2) is 0 Å². The van der Waals surface area contributed by atoms with Gasteiger partial charge in [0.2, 0.25) is 0 Å². The zero-order valence-corrected chi connectivity index (χ0v) is 12.5. The summed E-state index contributed by atoms with van der Waals surface area (Å²) in [5.74, 6) is 0. The molecule has 0 amide bonds. The Hall–Kier alpha value is -0.643. The summed E-state index contributed by atoms with van der Waals surface area (Å²) in [5.41, 5.74) is 1.34. The van der Waals surface area contributed by atoms with Gasteiger partial charge in [0.1, 0.15) is 0 Å². The van der Waals surface area contributed by atoms with E-state index in [0.717, 1.165) is 19.2 Å². The summed E-state index contributed by atoms with van der Waals surface area (Å²) in [5, 5.41) is 3.57. The number of hydrogen-bond donors (Lipinski definition) is 1. The molecule has 0 saturated carbocycles. The van der Waals surface area contributed by atoms with Gasteiger partial charge in [-0.3, -0.25) is 0 Å². The lowest BCUT2D eigenvalue weighted by molar-refractivity contribution is 0.324. The quantitative estimate of drug-likeness (QED) is 0.750. The van der Waals surface area contributed by atoms with E-state index in [1.807, 2.05) is 0 Å². The molecule has 0 aliphatic rings. The van der Waals surface area contributed by atoms with Crippen LogP contribution >= 0.6 is 0 Å². The van der Waals surface area contributed by atoms with Crippen LogP contribution in [0.2, 0.25) is 19.1 Å². The molecular weight excluding hydrogens is 226 g/mol. The van der Waals surface area contributed by atoms with Crippen LogP contribution in [-0.4, -0.2) is 21.0 Å². The lowest BCUT2D eigenvalue weighted by Crippen LogP contribution is -2.39. The zero-order chi connectivity index (χ0) is 12.7. The molecule has 1 N–H and O–H groups in total. The summed E-state index contributed by atoms with van der Waals surface area (Å²) in [7, 11) is -1.47. The van der Waals surface area contributed by atoms with Crippen molar-refractivity contribution in [2.45, 2.75) is 45.6 Å². The first kappa shape index (κ1) is 14.4. The molecule has 3 heteroatoms. The van der Waals surface area contributed by atoms with Gasteiger partial charge in [0.05, 0.1) is 0 Å². The Morgan fingerprint density at radius 2 is 1.88 bits per heavy atom. The predicted molar refractivity (Wildman–Crippen MR) is 76.7 cm³/mol. The summed E-state index contributed by atoms with van der Waals surface area (Å²) in [6.07, 6.45) is 0. The minimum atomic E-state index is -1.47.